The first-order valence-electron chi connectivity index (χ1n) is 4.45. The summed E-state index contributed by atoms with van der Waals surface area (Å²) >= 11 is 0. The molecule has 1 aliphatic heterocycles. The summed E-state index contributed by atoms with van der Waals surface area (Å²) in [5.41, 5.74) is 0.986. The fourth-order valence-corrected chi connectivity index (χ4v) is 1.14. The van der Waals surface area contributed by atoms with E-state index in [0.29, 0.717) is 12.7 Å². The van der Waals surface area contributed by atoms with Crippen LogP contribution in [-0.4, -0.2) is 29.2 Å². The van der Waals surface area contributed by atoms with Gasteiger partial charge in [-0.2, -0.15) is 0 Å². The molecule has 0 unspecified atom stereocenters. The number of aryl methyl sites for hydroxylation is 1. The minimum Gasteiger partial charge on any atom is -0.368 e. The third-order valence-electron chi connectivity index (χ3n) is 2.04. The average Bonchev–Trinajstić information content (AvgIpc) is 2.01. The van der Waals surface area contributed by atoms with Gasteiger partial charge in [0.1, 0.15) is 6.61 Å². The van der Waals surface area contributed by atoms with E-state index < -0.39 is 0 Å². The summed E-state index contributed by atoms with van der Waals surface area (Å²) in [5.74, 6) is 0.770. The van der Waals surface area contributed by atoms with Crippen LogP contribution >= 0.6 is 0 Å². The highest BCUT2D eigenvalue weighted by atomic mass is 16.5. The van der Waals surface area contributed by atoms with Gasteiger partial charge in [-0.05, 0) is 13.0 Å². The van der Waals surface area contributed by atoms with E-state index >= 15 is 0 Å². The molecule has 1 saturated heterocycles. The van der Waals surface area contributed by atoms with Gasteiger partial charge in [0.15, 0.2) is 5.82 Å². The van der Waals surface area contributed by atoms with Crippen molar-refractivity contribution >= 4 is 0 Å². The van der Waals surface area contributed by atoms with Crippen LogP contribution in [0.4, 0.5) is 0 Å². The standard InChI is InChI=1S/C9H13N3O/c1-7-2-3-11-9(12-7)6-13-8-4-10-5-8/h2-3,8,10H,4-6H2,1H3. The number of hydrogen-bond acceptors (Lipinski definition) is 4. The smallest absolute Gasteiger partial charge is 0.154 e. The van der Waals surface area contributed by atoms with E-state index in [0.717, 1.165) is 24.6 Å². The fourth-order valence-electron chi connectivity index (χ4n) is 1.14. The van der Waals surface area contributed by atoms with Crippen LogP contribution in [0.1, 0.15) is 11.5 Å². The Kier molecular flexibility index (Phi) is 2.52. The van der Waals surface area contributed by atoms with Gasteiger partial charge in [0, 0.05) is 25.0 Å². The molecule has 0 aromatic carbocycles. The van der Waals surface area contributed by atoms with Crippen LogP contribution in [0.5, 0.6) is 0 Å². The highest BCUT2D eigenvalue weighted by Crippen LogP contribution is 2.02. The molecule has 2 heterocycles. The van der Waals surface area contributed by atoms with Crippen LogP contribution in [-0.2, 0) is 11.3 Å². The number of nitrogens with zero attached hydrogens (tertiary/aromatic N) is 2. The van der Waals surface area contributed by atoms with Gasteiger partial charge in [-0.25, -0.2) is 9.97 Å². The van der Waals surface area contributed by atoms with Gasteiger partial charge in [-0.15, -0.1) is 0 Å². The Balaban J connectivity index is 1.86. The topological polar surface area (TPSA) is 47.0 Å². The van der Waals surface area contributed by atoms with Crippen LogP contribution in [0.15, 0.2) is 12.3 Å². The van der Waals surface area contributed by atoms with Crippen molar-refractivity contribution in [3.63, 3.8) is 0 Å². The van der Waals surface area contributed by atoms with E-state index in [2.05, 4.69) is 15.3 Å². The molecule has 0 saturated carbocycles. The molecule has 1 aromatic heterocycles. The maximum Gasteiger partial charge on any atom is 0.154 e. The second-order valence-electron chi connectivity index (χ2n) is 3.21. The first-order chi connectivity index (χ1) is 6.34. The highest BCUT2D eigenvalue weighted by molar-refractivity contribution is 4.98. The molecule has 0 amide bonds. The van der Waals surface area contributed by atoms with Gasteiger partial charge in [-0.3, -0.25) is 0 Å². The van der Waals surface area contributed by atoms with E-state index in [1.807, 2.05) is 13.0 Å². The zero-order chi connectivity index (χ0) is 9.10. The third-order valence-corrected chi connectivity index (χ3v) is 2.04. The van der Waals surface area contributed by atoms with Crippen molar-refractivity contribution < 1.29 is 4.74 Å². The number of ether oxygens (including phenoxy) is 1. The molecule has 0 atom stereocenters. The van der Waals surface area contributed by atoms with Crippen LogP contribution < -0.4 is 5.32 Å². The first kappa shape index (κ1) is 8.59. The molecule has 0 bridgehead atoms. The number of nitrogens with one attached hydrogen (secondary N) is 1. The summed E-state index contributed by atoms with van der Waals surface area (Å²) in [4.78, 5) is 8.36. The quantitative estimate of drug-likeness (QED) is 0.723. The Morgan fingerprint density at radius 2 is 2.46 bits per heavy atom. The lowest BCUT2D eigenvalue weighted by atomic mass is 10.2. The minimum atomic E-state index is 0.351. The van der Waals surface area contributed by atoms with Crippen molar-refractivity contribution in [1.29, 1.82) is 0 Å². The molecule has 1 aromatic rings. The predicted octanol–water partition coefficient (Wildman–Crippen LogP) is 0.273. The molecule has 4 nitrogen and oxygen atoms in total. The molecule has 1 fully saturated rings. The molecule has 1 aliphatic rings. The predicted molar refractivity (Wildman–Crippen MR) is 48.2 cm³/mol. The number of hydrogen-bond donors (Lipinski definition) is 1. The molecule has 1 N–H and O–H groups in total. The number of rotatable bonds is 3. The third kappa shape index (κ3) is 2.23. The summed E-state index contributed by atoms with van der Waals surface area (Å²) in [6.07, 6.45) is 2.11. The van der Waals surface area contributed by atoms with Crippen LogP contribution in [0.25, 0.3) is 0 Å². The molecule has 13 heavy (non-hydrogen) atoms. The van der Waals surface area contributed by atoms with E-state index in [-0.39, 0.29) is 0 Å². The lowest BCUT2D eigenvalue weighted by molar-refractivity contribution is 0.00433. The Hall–Kier alpha value is -1.00. The minimum absolute atomic E-state index is 0.351. The summed E-state index contributed by atoms with van der Waals surface area (Å²) in [6, 6.07) is 1.88. The van der Waals surface area contributed by atoms with Crippen LogP contribution in [0, 0.1) is 6.92 Å². The maximum absolute atomic E-state index is 5.53. The second kappa shape index (κ2) is 3.81. The Bertz CT molecular complexity index is 286. The maximum atomic E-state index is 5.53. The molecular formula is C9H13N3O. The van der Waals surface area contributed by atoms with Crippen molar-refractivity contribution in [1.82, 2.24) is 15.3 Å². The van der Waals surface area contributed by atoms with Gasteiger partial charge in [0.2, 0.25) is 0 Å². The molecule has 2 rings (SSSR count). The van der Waals surface area contributed by atoms with Gasteiger partial charge < -0.3 is 10.1 Å². The van der Waals surface area contributed by atoms with Crippen molar-refractivity contribution in [3.8, 4) is 0 Å². The average molecular weight is 179 g/mol. The highest BCUT2D eigenvalue weighted by Gasteiger charge is 2.17. The summed E-state index contributed by atoms with van der Waals surface area (Å²) in [5, 5.41) is 3.14. The summed E-state index contributed by atoms with van der Waals surface area (Å²) < 4.78 is 5.53. The van der Waals surface area contributed by atoms with Crippen LogP contribution in [0.3, 0.4) is 0 Å². The van der Waals surface area contributed by atoms with Crippen molar-refractivity contribution in [3.05, 3.63) is 23.8 Å². The second-order valence-corrected chi connectivity index (χ2v) is 3.21. The van der Waals surface area contributed by atoms with Crippen molar-refractivity contribution in [2.24, 2.45) is 0 Å². The molecule has 70 valence electrons. The van der Waals surface area contributed by atoms with Gasteiger partial charge in [0.05, 0.1) is 6.10 Å². The van der Waals surface area contributed by atoms with E-state index in [1.54, 1.807) is 6.20 Å². The molecule has 0 radical (unpaired) electrons. The van der Waals surface area contributed by atoms with Gasteiger partial charge in [0.25, 0.3) is 0 Å². The first-order valence-corrected chi connectivity index (χ1v) is 4.45. The normalized spacial score (nSPS) is 17.0. The SMILES string of the molecule is Cc1ccnc(COC2CNC2)n1. The number of aromatic nitrogens is 2. The zero-order valence-electron chi connectivity index (χ0n) is 7.66. The lowest BCUT2D eigenvalue weighted by Gasteiger charge is -2.26. The molecular weight excluding hydrogens is 166 g/mol. The Morgan fingerprint density at radius 3 is 3.08 bits per heavy atom. The van der Waals surface area contributed by atoms with Crippen molar-refractivity contribution in [2.75, 3.05) is 13.1 Å². The van der Waals surface area contributed by atoms with E-state index in [1.165, 1.54) is 0 Å². The zero-order valence-corrected chi connectivity index (χ0v) is 7.66. The Morgan fingerprint density at radius 1 is 1.62 bits per heavy atom. The largest absolute Gasteiger partial charge is 0.368 e. The molecule has 0 aliphatic carbocycles. The fraction of sp³-hybridized carbons (Fsp3) is 0.556. The summed E-state index contributed by atoms with van der Waals surface area (Å²) in [6.45, 7) is 4.38. The molecule has 0 spiro atoms. The lowest BCUT2D eigenvalue weighted by Crippen LogP contribution is -2.48. The summed E-state index contributed by atoms with van der Waals surface area (Å²) in [7, 11) is 0. The van der Waals surface area contributed by atoms with Gasteiger partial charge >= 0.3 is 0 Å². The monoisotopic (exact) mass is 179 g/mol. The Labute approximate surface area is 77.4 Å². The molecule has 4 heteroatoms. The van der Waals surface area contributed by atoms with Crippen LogP contribution in [0.2, 0.25) is 0 Å². The van der Waals surface area contributed by atoms with Crippen molar-refractivity contribution in [2.45, 2.75) is 19.6 Å². The van der Waals surface area contributed by atoms with E-state index in [9.17, 15) is 0 Å². The van der Waals surface area contributed by atoms with Gasteiger partial charge in [-0.1, -0.05) is 0 Å². The van der Waals surface area contributed by atoms with E-state index in [4.69, 9.17) is 4.74 Å².